The van der Waals surface area contributed by atoms with Gasteiger partial charge in [-0.2, -0.15) is 0 Å². The number of hydrogen-bond acceptors (Lipinski definition) is 7. The first-order valence-corrected chi connectivity index (χ1v) is 8.62. The number of hydrogen-bond donors (Lipinski definition) is 1. The third-order valence-corrected chi connectivity index (χ3v) is 1.64. The fraction of sp³-hybridized carbons (Fsp3) is 0.476. The number of amides is 1. The van der Waals surface area contributed by atoms with Crippen molar-refractivity contribution in [2.75, 3.05) is 13.7 Å². The zero-order chi connectivity index (χ0) is 24.4. The molecule has 0 aliphatic rings. The molecule has 8 heteroatoms. The second kappa shape index (κ2) is 29.7. The van der Waals surface area contributed by atoms with Crippen LogP contribution in [0.25, 0.3) is 0 Å². The molecule has 0 spiro atoms. The van der Waals surface area contributed by atoms with Crippen LogP contribution in [0, 0.1) is 0 Å². The quantitative estimate of drug-likeness (QED) is 0.401. The molecule has 0 bridgehead atoms. The molecule has 0 fully saturated rings. The third kappa shape index (κ3) is 92.0. The lowest BCUT2D eigenvalue weighted by Crippen LogP contribution is -2.04. The maximum absolute atomic E-state index is 10.3. The SMILES string of the molecule is C=C(C)C(=O)OC.C=CC(=O)OCCCC.C=CC(N)=O.CC(C)=O.CC(C)=O. The van der Waals surface area contributed by atoms with E-state index in [4.69, 9.17) is 0 Å². The Hall–Kier alpha value is -3.03. The number of ketones is 2. The first-order valence-electron chi connectivity index (χ1n) is 8.62. The van der Waals surface area contributed by atoms with E-state index in [0.29, 0.717) is 12.2 Å². The van der Waals surface area contributed by atoms with Crippen LogP contribution in [0.5, 0.6) is 0 Å². The maximum Gasteiger partial charge on any atom is 0.332 e. The molecule has 0 saturated carbocycles. The Balaban J connectivity index is -0.0000000864. The van der Waals surface area contributed by atoms with E-state index in [2.05, 4.69) is 34.9 Å². The minimum absolute atomic E-state index is 0.167. The number of nitrogens with two attached hydrogens (primary N) is 1. The van der Waals surface area contributed by atoms with Crippen LogP contribution in [-0.4, -0.2) is 43.1 Å². The van der Waals surface area contributed by atoms with Gasteiger partial charge in [0.25, 0.3) is 0 Å². The fourth-order valence-corrected chi connectivity index (χ4v) is 0.550. The van der Waals surface area contributed by atoms with Crippen LogP contribution < -0.4 is 5.73 Å². The molecule has 0 rings (SSSR count). The summed E-state index contributed by atoms with van der Waals surface area (Å²) in [7, 11) is 1.33. The van der Waals surface area contributed by atoms with Crippen molar-refractivity contribution in [1.82, 2.24) is 0 Å². The molecule has 0 aromatic carbocycles. The molecule has 0 unspecified atom stereocenters. The van der Waals surface area contributed by atoms with Gasteiger partial charge in [0.15, 0.2) is 0 Å². The normalized spacial score (nSPS) is 7.41. The number of rotatable bonds is 6. The van der Waals surface area contributed by atoms with E-state index < -0.39 is 5.91 Å². The summed E-state index contributed by atoms with van der Waals surface area (Å²) in [5, 5.41) is 0. The second-order valence-electron chi connectivity index (χ2n) is 5.42. The zero-order valence-electron chi connectivity index (χ0n) is 18.8. The van der Waals surface area contributed by atoms with Crippen molar-refractivity contribution in [3.05, 3.63) is 37.5 Å². The molecule has 0 heterocycles. The van der Waals surface area contributed by atoms with Gasteiger partial charge >= 0.3 is 11.9 Å². The number of unbranched alkanes of at least 4 members (excludes halogenated alkanes) is 1. The monoisotopic (exact) mass is 415 g/mol. The minimum Gasteiger partial charge on any atom is -0.466 e. The number of ether oxygens (including phenoxy) is 2. The first-order chi connectivity index (χ1) is 13.2. The molecule has 0 aromatic rings. The Morgan fingerprint density at radius 2 is 1.24 bits per heavy atom. The summed E-state index contributed by atoms with van der Waals surface area (Å²) in [6.45, 7) is 20.0. The first kappa shape index (κ1) is 36.8. The summed E-state index contributed by atoms with van der Waals surface area (Å²) >= 11 is 0. The molecule has 2 N–H and O–H groups in total. The summed E-state index contributed by atoms with van der Waals surface area (Å²) in [6.07, 6.45) is 4.21. The van der Waals surface area contributed by atoms with Crippen molar-refractivity contribution in [2.45, 2.75) is 54.4 Å². The molecule has 29 heavy (non-hydrogen) atoms. The topological polar surface area (TPSA) is 130 Å². The number of esters is 2. The highest BCUT2D eigenvalue weighted by atomic mass is 16.5. The Bertz CT molecular complexity index is 503. The van der Waals surface area contributed by atoms with E-state index in [1.54, 1.807) is 6.92 Å². The molecule has 168 valence electrons. The summed E-state index contributed by atoms with van der Waals surface area (Å²) < 4.78 is 8.95. The van der Waals surface area contributed by atoms with Crippen LogP contribution in [-0.2, 0) is 33.4 Å². The minimum atomic E-state index is -0.481. The predicted molar refractivity (Wildman–Crippen MR) is 115 cm³/mol. The summed E-state index contributed by atoms with van der Waals surface area (Å²) in [5.41, 5.74) is 4.97. The summed E-state index contributed by atoms with van der Waals surface area (Å²) in [5.74, 6) is -0.826. The van der Waals surface area contributed by atoms with E-state index in [1.807, 2.05) is 6.92 Å². The Morgan fingerprint density at radius 1 is 0.897 bits per heavy atom. The highest BCUT2D eigenvalue weighted by molar-refractivity contribution is 5.86. The molecular formula is C21H37NO7. The van der Waals surface area contributed by atoms with Gasteiger partial charge in [-0.15, -0.1) is 0 Å². The molecule has 0 aliphatic heterocycles. The highest BCUT2D eigenvalue weighted by Crippen LogP contribution is 1.88. The van der Waals surface area contributed by atoms with Gasteiger partial charge in [-0.25, -0.2) is 9.59 Å². The molecule has 0 aromatic heterocycles. The van der Waals surface area contributed by atoms with E-state index in [0.717, 1.165) is 18.9 Å². The average Bonchev–Trinajstić information content (AvgIpc) is 2.61. The Kier molecular flexibility index (Phi) is 37.7. The smallest absolute Gasteiger partial charge is 0.332 e. The second-order valence-corrected chi connectivity index (χ2v) is 5.42. The molecule has 8 nitrogen and oxygen atoms in total. The van der Waals surface area contributed by atoms with Crippen molar-refractivity contribution in [1.29, 1.82) is 0 Å². The lowest BCUT2D eigenvalue weighted by atomic mass is 10.4. The van der Waals surface area contributed by atoms with Crippen molar-refractivity contribution >= 4 is 29.4 Å². The van der Waals surface area contributed by atoms with Gasteiger partial charge in [-0.3, -0.25) is 4.79 Å². The van der Waals surface area contributed by atoms with Crippen LogP contribution in [0.15, 0.2) is 37.5 Å². The van der Waals surface area contributed by atoms with Gasteiger partial charge in [-0.1, -0.05) is 33.1 Å². The van der Waals surface area contributed by atoms with Crippen LogP contribution in [0.1, 0.15) is 54.4 Å². The van der Waals surface area contributed by atoms with Crippen molar-refractivity contribution in [3.63, 3.8) is 0 Å². The predicted octanol–water partition coefficient (Wildman–Crippen LogP) is 3.10. The number of Topliss-reactive ketones (excluding diaryl/α,β-unsaturated/α-hetero) is 2. The fourth-order valence-electron chi connectivity index (χ4n) is 0.550. The van der Waals surface area contributed by atoms with Crippen LogP contribution >= 0.6 is 0 Å². The number of carbonyl (C=O) groups excluding carboxylic acids is 5. The molecular weight excluding hydrogens is 378 g/mol. The number of primary amides is 1. The van der Waals surface area contributed by atoms with Gasteiger partial charge in [0.1, 0.15) is 11.6 Å². The maximum atomic E-state index is 10.3. The van der Waals surface area contributed by atoms with Crippen molar-refractivity contribution in [2.24, 2.45) is 5.73 Å². The molecule has 0 saturated heterocycles. The lowest BCUT2D eigenvalue weighted by Gasteiger charge is -1.97. The number of carbonyl (C=O) groups is 5. The Labute approximate surface area is 174 Å². The lowest BCUT2D eigenvalue weighted by molar-refractivity contribution is -0.138. The average molecular weight is 416 g/mol. The van der Waals surface area contributed by atoms with Gasteiger partial charge < -0.3 is 24.8 Å². The largest absolute Gasteiger partial charge is 0.466 e. The van der Waals surface area contributed by atoms with Crippen molar-refractivity contribution in [3.8, 4) is 0 Å². The Morgan fingerprint density at radius 3 is 1.38 bits per heavy atom. The molecule has 1 amide bonds. The molecule has 0 atom stereocenters. The van der Waals surface area contributed by atoms with Crippen LogP contribution in [0.3, 0.4) is 0 Å². The summed E-state index contributed by atoms with van der Waals surface area (Å²) in [6, 6.07) is 0. The standard InChI is InChI=1S/C7H12O2.C5H8O2.C3H5NO.2C3H6O/c1-3-5-6-9-7(8)4-2;1-4(2)5(6)7-3;1-2-3(4)5;2*1-3(2)4/h4H,2-3,5-6H2,1H3;1H2,2-3H3;2H,1H2,(H2,4,5);2*1-2H3. The highest BCUT2D eigenvalue weighted by Gasteiger charge is 1.95. The van der Waals surface area contributed by atoms with Crippen LogP contribution in [0.4, 0.5) is 0 Å². The van der Waals surface area contributed by atoms with Gasteiger partial charge in [0.2, 0.25) is 5.91 Å². The molecule has 0 radical (unpaired) electrons. The third-order valence-electron chi connectivity index (χ3n) is 1.64. The van der Waals surface area contributed by atoms with E-state index in [9.17, 15) is 24.0 Å². The number of methoxy groups -OCH3 is 1. The van der Waals surface area contributed by atoms with E-state index >= 15 is 0 Å². The van der Waals surface area contributed by atoms with E-state index in [1.165, 1.54) is 40.9 Å². The summed E-state index contributed by atoms with van der Waals surface area (Å²) in [4.78, 5) is 48.9. The van der Waals surface area contributed by atoms with Gasteiger partial charge in [-0.05, 0) is 47.1 Å². The zero-order valence-corrected chi connectivity index (χ0v) is 18.8. The van der Waals surface area contributed by atoms with Gasteiger partial charge in [0, 0.05) is 11.6 Å². The van der Waals surface area contributed by atoms with Crippen LogP contribution in [0.2, 0.25) is 0 Å². The molecule has 0 aliphatic carbocycles. The van der Waals surface area contributed by atoms with E-state index in [-0.39, 0.29) is 23.5 Å². The van der Waals surface area contributed by atoms with Gasteiger partial charge in [0.05, 0.1) is 13.7 Å². The van der Waals surface area contributed by atoms with Crippen molar-refractivity contribution < 1.29 is 33.4 Å².